The largest absolute Gasteiger partial charge is 0.303 e. The molecule has 0 radical (unpaired) electrons. The van der Waals surface area contributed by atoms with Crippen LogP contribution in [-0.2, 0) is 4.79 Å². The molecule has 0 bridgehead atoms. The van der Waals surface area contributed by atoms with Gasteiger partial charge in [-0.1, -0.05) is 51.9 Å². The number of nitrogens with zero attached hydrogens (tertiary/aromatic N) is 1. The molecule has 1 aliphatic heterocycles. The van der Waals surface area contributed by atoms with E-state index in [1.807, 2.05) is 0 Å². The number of hydrogen-bond acceptors (Lipinski definition) is 2. The molecule has 112 valence electrons. The number of piperidine rings is 1. The van der Waals surface area contributed by atoms with Crippen LogP contribution in [0, 0.1) is 5.92 Å². The summed E-state index contributed by atoms with van der Waals surface area (Å²) in [7, 11) is 0. The van der Waals surface area contributed by atoms with Crippen LogP contribution in [0.15, 0.2) is 0 Å². The molecule has 0 aliphatic carbocycles. The summed E-state index contributed by atoms with van der Waals surface area (Å²) in [6, 6.07) is 0. The van der Waals surface area contributed by atoms with Gasteiger partial charge >= 0.3 is 0 Å². The van der Waals surface area contributed by atoms with Gasteiger partial charge in [-0.3, -0.25) is 4.79 Å². The molecule has 0 spiro atoms. The van der Waals surface area contributed by atoms with E-state index in [1.165, 1.54) is 70.9 Å². The zero-order valence-corrected chi connectivity index (χ0v) is 13.1. The van der Waals surface area contributed by atoms with Gasteiger partial charge in [0.2, 0.25) is 0 Å². The van der Waals surface area contributed by atoms with Crippen LogP contribution in [0.3, 0.4) is 0 Å². The first-order chi connectivity index (χ1) is 9.24. The fourth-order valence-corrected chi connectivity index (χ4v) is 3.06. The summed E-state index contributed by atoms with van der Waals surface area (Å²) in [4.78, 5) is 13.9. The third-order valence-electron chi connectivity index (χ3n) is 4.41. The Hall–Kier alpha value is -0.370. The van der Waals surface area contributed by atoms with Crippen molar-refractivity contribution in [1.29, 1.82) is 0 Å². The van der Waals surface area contributed by atoms with Crippen LogP contribution in [0.25, 0.3) is 0 Å². The molecule has 2 heteroatoms. The molecule has 0 N–H and O–H groups in total. The smallest absolute Gasteiger partial charge is 0.134 e. The number of hydrogen-bond donors (Lipinski definition) is 0. The molecule has 1 aliphatic rings. The highest BCUT2D eigenvalue weighted by atomic mass is 16.1. The van der Waals surface area contributed by atoms with Gasteiger partial charge in [-0.2, -0.15) is 0 Å². The predicted octanol–water partition coefficient (Wildman–Crippen LogP) is 4.43. The van der Waals surface area contributed by atoms with Gasteiger partial charge < -0.3 is 4.90 Å². The van der Waals surface area contributed by atoms with E-state index in [4.69, 9.17) is 0 Å². The lowest BCUT2D eigenvalue weighted by molar-refractivity contribution is -0.122. The lowest BCUT2D eigenvalue weighted by atomic mass is 9.94. The van der Waals surface area contributed by atoms with Crippen LogP contribution >= 0.6 is 0 Å². The van der Waals surface area contributed by atoms with Gasteiger partial charge in [-0.25, -0.2) is 0 Å². The van der Waals surface area contributed by atoms with Gasteiger partial charge in [0.1, 0.15) is 5.78 Å². The Labute approximate surface area is 119 Å². The van der Waals surface area contributed by atoms with Crippen molar-refractivity contribution in [3.63, 3.8) is 0 Å². The summed E-state index contributed by atoms with van der Waals surface area (Å²) >= 11 is 0. The summed E-state index contributed by atoms with van der Waals surface area (Å²) in [5.41, 5.74) is 0. The highest BCUT2D eigenvalue weighted by molar-refractivity contribution is 5.78. The van der Waals surface area contributed by atoms with E-state index in [-0.39, 0.29) is 0 Å². The predicted molar refractivity (Wildman–Crippen MR) is 82.5 cm³/mol. The van der Waals surface area contributed by atoms with Crippen LogP contribution in [-0.4, -0.2) is 30.3 Å². The number of carbonyl (C=O) groups excluding carboxylic acids is 1. The molecular weight excluding hydrogens is 234 g/mol. The standard InChI is InChI=1S/C17H33NO/c1-3-4-5-6-7-8-9-10-13-18-14-11-12-17(15-18)16(2)19/h17H,3-15H2,1-2H3. The Morgan fingerprint density at radius 2 is 1.68 bits per heavy atom. The van der Waals surface area contributed by atoms with Crippen molar-refractivity contribution in [1.82, 2.24) is 4.90 Å². The summed E-state index contributed by atoms with van der Waals surface area (Å²) in [5, 5.41) is 0. The van der Waals surface area contributed by atoms with Crippen molar-refractivity contribution in [2.45, 2.75) is 78.1 Å². The third-order valence-corrected chi connectivity index (χ3v) is 4.41. The maximum atomic E-state index is 11.4. The molecule has 0 amide bonds. The molecule has 0 aromatic carbocycles. The number of rotatable bonds is 10. The van der Waals surface area contributed by atoms with E-state index in [2.05, 4.69) is 11.8 Å². The molecule has 1 heterocycles. The first-order valence-electron chi connectivity index (χ1n) is 8.47. The number of Topliss-reactive ketones (excluding diaryl/α,β-unsaturated/α-hetero) is 1. The Morgan fingerprint density at radius 1 is 1.05 bits per heavy atom. The second kappa shape index (κ2) is 10.4. The maximum absolute atomic E-state index is 11.4. The minimum atomic E-state index is 0.322. The second-order valence-electron chi connectivity index (χ2n) is 6.23. The molecule has 1 rings (SSSR count). The number of ketones is 1. The van der Waals surface area contributed by atoms with Crippen LogP contribution in [0.2, 0.25) is 0 Å². The summed E-state index contributed by atoms with van der Waals surface area (Å²) in [6.07, 6.45) is 13.4. The first-order valence-corrected chi connectivity index (χ1v) is 8.47. The van der Waals surface area contributed by atoms with Crippen molar-refractivity contribution in [3.05, 3.63) is 0 Å². The van der Waals surface area contributed by atoms with Gasteiger partial charge in [-0.05, 0) is 39.3 Å². The molecule has 1 unspecified atom stereocenters. The van der Waals surface area contributed by atoms with Crippen LogP contribution in [0.1, 0.15) is 78.1 Å². The Bertz CT molecular complexity index is 239. The van der Waals surface area contributed by atoms with Crippen molar-refractivity contribution >= 4 is 5.78 Å². The quantitative estimate of drug-likeness (QED) is 0.546. The zero-order valence-electron chi connectivity index (χ0n) is 13.1. The van der Waals surface area contributed by atoms with Crippen LogP contribution < -0.4 is 0 Å². The molecule has 2 nitrogen and oxygen atoms in total. The molecule has 0 aromatic heterocycles. The van der Waals surface area contributed by atoms with Gasteiger partial charge in [0.25, 0.3) is 0 Å². The van der Waals surface area contributed by atoms with Gasteiger partial charge in [0.05, 0.1) is 0 Å². The number of carbonyl (C=O) groups is 1. The molecular formula is C17H33NO. The molecule has 1 saturated heterocycles. The fourth-order valence-electron chi connectivity index (χ4n) is 3.06. The molecule has 1 atom stereocenters. The maximum Gasteiger partial charge on any atom is 0.134 e. The lowest BCUT2D eigenvalue weighted by Crippen LogP contribution is -2.38. The number of likely N-dealkylation sites (tertiary alicyclic amines) is 1. The van der Waals surface area contributed by atoms with Crippen molar-refractivity contribution in [2.24, 2.45) is 5.92 Å². The minimum absolute atomic E-state index is 0.322. The van der Waals surface area contributed by atoms with E-state index in [9.17, 15) is 4.79 Å². The highest BCUT2D eigenvalue weighted by Crippen LogP contribution is 2.18. The molecule has 0 saturated carbocycles. The summed E-state index contributed by atoms with van der Waals surface area (Å²) in [5.74, 6) is 0.711. The SMILES string of the molecule is CCCCCCCCCCN1CCCC(C(C)=O)C1. The van der Waals surface area contributed by atoms with Crippen molar-refractivity contribution in [2.75, 3.05) is 19.6 Å². The normalized spacial score (nSPS) is 20.6. The Kier molecular flexibility index (Phi) is 9.15. The lowest BCUT2D eigenvalue weighted by Gasteiger charge is -2.31. The third kappa shape index (κ3) is 7.71. The molecule has 0 aromatic rings. The van der Waals surface area contributed by atoms with Gasteiger partial charge in [0, 0.05) is 12.5 Å². The average molecular weight is 267 g/mol. The van der Waals surface area contributed by atoms with Crippen LogP contribution in [0.4, 0.5) is 0 Å². The second-order valence-corrected chi connectivity index (χ2v) is 6.23. The average Bonchev–Trinajstić information content (AvgIpc) is 2.42. The summed E-state index contributed by atoms with van der Waals surface area (Å²) < 4.78 is 0. The van der Waals surface area contributed by atoms with E-state index < -0.39 is 0 Å². The van der Waals surface area contributed by atoms with E-state index in [1.54, 1.807) is 6.92 Å². The van der Waals surface area contributed by atoms with E-state index >= 15 is 0 Å². The van der Waals surface area contributed by atoms with Gasteiger partial charge in [0.15, 0.2) is 0 Å². The molecule has 19 heavy (non-hydrogen) atoms. The topological polar surface area (TPSA) is 20.3 Å². The van der Waals surface area contributed by atoms with E-state index in [0.717, 1.165) is 13.0 Å². The minimum Gasteiger partial charge on any atom is -0.303 e. The Balaban J connectivity index is 1.95. The molecule has 1 fully saturated rings. The highest BCUT2D eigenvalue weighted by Gasteiger charge is 2.22. The van der Waals surface area contributed by atoms with E-state index in [0.29, 0.717) is 11.7 Å². The fraction of sp³-hybridized carbons (Fsp3) is 0.941. The number of unbranched alkanes of at least 4 members (excludes halogenated alkanes) is 7. The zero-order chi connectivity index (χ0) is 13.9. The summed E-state index contributed by atoms with van der Waals surface area (Å²) in [6.45, 7) is 7.46. The van der Waals surface area contributed by atoms with Crippen molar-refractivity contribution < 1.29 is 4.79 Å². The van der Waals surface area contributed by atoms with Crippen LogP contribution in [0.5, 0.6) is 0 Å². The monoisotopic (exact) mass is 267 g/mol. The van der Waals surface area contributed by atoms with Crippen molar-refractivity contribution in [3.8, 4) is 0 Å². The van der Waals surface area contributed by atoms with Gasteiger partial charge in [-0.15, -0.1) is 0 Å². The Morgan fingerprint density at radius 3 is 2.32 bits per heavy atom. The first kappa shape index (κ1) is 16.7.